The molecule has 188 valence electrons. The highest BCUT2D eigenvalue weighted by Gasteiger charge is 2.32. The molecule has 7 heteroatoms. The Morgan fingerprint density at radius 1 is 1.00 bits per heavy atom. The van der Waals surface area contributed by atoms with Gasteiger partial charge in [0.1, 0.15) is 12.0 Å². The fourth-order valence-electron chi connectivity index (χ4n) is 4.39. The van der Waals surface area contributed by atoms with Crippen molar-refractivity contribution in [3.05, 3.63) is 101 Å². The van der Waals surface area contributed by atoms with Crippen molar-refractivity contribution in [3.63, 3.8) is 0 Å². The number of amides is 1. The zero-order chi connectivity index (χ0) is 25.9. The van der Waals surface area contributed by atoms with Gasteiger partial charge < -0.3 is 9.84 Å². The van der Waals surface area contributed by atoms with Gasteiger partial charge in [0.05, 0.1) is 17.2 Å². The SMILES string of the molecule is CC(C)CC(C(=O)N1COC=C1Cc1ccccc1)c1cc(O)cc(-c2ccc(C(F)(F)F)cc2)c1. The van der Waals surface area contributed by atoms with Crippen molar-refractivity contribution < 1.29 is 27.8 Å². The molecule has 0 radical (unpaired) electrons. The average molecular weight is 496 g/mol. The summed E-state index contributed by atoms with van der Waals surface area (Å²) in [6, 6.07) is 19.4. The summed E-state index contributed by atoms with van der Waals surface area (Å²) in [5, 5.41) is 10.5. The fraction of sp³-hybridized carbons (Fsp3) is 0.276. The van der Waals surface area contributed by atoms with E-state index in [0.717, 1.165) is 23.4 Å². The topological polar surface area (TPSA) is 49.8 Å². The summed E-state index contributed by atoms with van der Waals surface area (Å²) < 4.78 is 44.5. The summed E-state index contributed by atoms with van der Waals surface area (Å²) in [7, 11) is 0. The molecule has 3 aromatic rings. The maximum Gasteiger partial charge on any atom is 0.416 e. The van der Waals surface area contributed by atoms with Crippen LogP contribution in [0.5, 0.6) is 5.75 Å². The molecule has 1 atom stereocenters. The van der Waals surface area contributed by atoms with Gasteiger partial charge in [-0.15, -0.1) is 0 Å². The minimum absolute atomic E-state index is 0.0540. The Kier molecular flexibility index (Phi) is 7.38. The van der Waals surface area contributed by atoms with Crippen molar-refractivity contribution in [1.82, 2.24) is 4.90 Å². The molecule has 36 heavy (non-hydrogen) atoms. The number of alkyl halides is 3. The monoisotopic (exact) mass is 495 g/mol. The third kappa shape index (κ3) is 5.90. The summed E-state index contributed by atoms with van der Waals surface area (Å²) in [6.45, 7) is 4.14. The van der Waals surface area contributed by atoms with E-state index in [4.69, 9.17) is 4.74 Å². The van der Waals surface area contributed by atoms with Crippen LogP contribution in [-0.2, 0) is 22.1 Å². The van der Waals surface area contributed by atoms with Gasteiger partial charge in [-0.3, -0.25) is 9.69 Å². The van der Waals surface area contributed by atoms with Crippen LogP contribution in [0.4, 0.5) is 13.2 Å². The molecule has 0 aliphatic carbocycles. The third-order valence-corrected chi connectivity index (χ3v) is 6.16. The van der Waals surface area contributed by atoms with Crippen molar-refractivity contribution in [2.24, 2.45) is 5.92 Å². The standard InChI is InChI=1S/C29H28F3NO3/c1-19(2)12-27(28(35)33-18-36-17-25(33)13-20-6-4-3-5-7-20)23-14-22(15-26(34)16-23)21-8-10-24(11-9-21)29(30,31)32/h3-11,14-17,19,27,34H,12-13,18H2,1-2H3. The molecule has 0 spiro atoms. The molecule has 4 nitrogen and oxygen atoms in total. The molecule has 1 amide bonds. The molecule has 0 aromatic heterocycles. The number of hydrogen-bond acceptors (Lipinski definition) is 3. The van der Waals surface area contributed by atoms with E-state index in [1.165, 1.54) is 18.2 Å². The van der Waals surface area contributed by atoms with E-state index in [-0.39, 0.29) is 24.3 Å². The van der Waals surface area contributed by atoms with Crippen LogP contribution in [-0.4, -0.2) is 22.6 Å². The maximum atomic E-state index is 13.8. The van der Waals surface area contributed by atoms with Crippen LogP contribution in [0.25, 0.3) is 11.1 Å². The largest absolute Gasteiger partial charge is 0.508 e. The van der Waals surface area contributed by atoms with Crippen LogP contribution in [0.3, 0.4) is 0 Å². The maximum absolute atomic E-state index is 13.8. The molecule has 1 aliphatic rings. The quantitative estimate of drug-likeness (QED) is 0.380. The first kappa shape index (κ1) is 25.4. The highest BCUT2D eigenvalue weighted by atomic mass is 19.4. The molecule has 0 fully saturated rings. The van der Waals surface area contributed by atoms with E-state index in [1.54, 1.807) is 23.3 Å². The number of benzene rings is 3. The minimum Gasteiger partial charge on any atom is -0.508 e. The second-order valence-corrected chi connectivity index (χ2v) is 9.40. The van der Waals surface area contributed by atoms with Crippen LogP contribution < -0.4 is 0 Å². The number of carbonyl (C=O) groups is 1. The normalized spacial score (nSPS) is 14.5. The predicted molar refractivity (Wildman–Crippen MR) is 132 cm³/mol. The third-order valence-electron chi connectivity index (χ3n) is 6.16. The highest BCUT2D eigenvalue weighted by Crippen LogP contribution is 2.36. The Bertz CT molecular complexity index is 1230. The number of aromatic hydroxyl groups is 1. The summed E-state index contributed by atoms with van der Waals surface area (Å²) in [5.41, 5.74) is 2.72. The number of carbonyl (C=O) groups excluding carboxylic acids is 1. The summed E-state index contributed by atoms with van der Waals surface area (Å²) >= 11 is 0. The summed E-state index contributed by atoms with van der Waals surface area (Å²) in [6.07, 6.45) is -1.75. The van der Waals surface area contributed by atoms with Gasteiger partial charge in [0.25, 0.3) is 0 Å². The molecule has 0 saturated heterocycles. The first-order valence-electron chi connectivity index (χ1n) is 11.8. The van der Waals surface area contributed by atoms with E-state index < -0.39 is 17.7 Å². The molecular formula is C29H28F3NO3. The molecular weight excluding hydrogens is 467 g/mol. The van der Waals surface area contributed by atoms with E-state index in [0.29, 0.717) is 29.5 Å². The van der Waals surface area contributed by atoms with E-state index in [1.807, 2.05) is 44.2 Å². The first-order valence-corrected chi connectivity index (χ1v) is 11.8. The van der Waals surface area contributed by atoms with Crippen molar-refractivity contribution in [2.45, 2.75) is 38.8 Å². The molecule has 3 aromatic carbocycles. The number of nitrogens with zero attached hydrogens (tertiary/aromatic N) is 1. The number of phenolic OH excluding ortho intramolecular Hbond substituents is 1. The summed E-state index contributed by atoms with van der Waals surface area (Å²) in [5.74, 6) is -0.582. The van der Waals surface area contributed by atoms with Gasteiger partial charge in [0, 0.05) is 6.42 Å². The van der Waals surface area contributed by atoms with Gasteiger partial charge >= 0.3 is 6.18 Å². The Morgan fingerprint density at radius 3 is 2.33 bits per heavy atom. The molecule has 1 heterocycles. The van der Waals surface area contributed by atoms with Crippen LogP contribution in [0.1, 0.15) is 42.9 Å². The first-order chi connectivity index (χ1) is 17.1. The predicted octanol–water partition coefficient (Wildman–Crippen LogP) is 7.11. The number of allylic oxidation sites excluding steroid dienone is 1. The Hall–Kier alpha value is -3.74. The molecule has 0 saturated carbocycles. The highest BCUT2D eigenvalue weighted by molar-refractivity contribution is 5.86. The van der Waals surface area contributed by atoms with Crippen LogP contribution >= 0.6 is 0 Å². The summed E-state index contributed by atoms with van der Waals surface area (Å²) in [4.78, 5) is 15.4. The van der Waals surface area contributed by atoms with Gasteiger partial charge in [-0.1, -0.05) is 62.4 Å². The average Bonchev–Trinajstić information content (AvgIpc) is 3.30. The molecule has 1 unspecified atom stereocenters. The number of phenols is 1. The molecule has 4 rings (SSSR count). The lowest BCUT2D eigenvalue weighted by molar-refractivity contribution is -0.137. The lowest BCUT2D eigenvalue weighted by Gasteiger charge is -2.26. The van der Waals surface area contributed by atoms with Crippen molar-refractivity contribution in [1.29, 1.82) is 0 Å². The zero-order valence-electron chi connectivity index (χ0n) is 20.1. The van der Waals surface area contributed by atoms with E-state index >= 15 is 0 Å². The number of halogens is 3. The van der Waals surface area contributed by atoms with Gasteiger partial charge in [-0.2, -0.15) is 13.2 Å². The Morgan fingerprint density at radius 2 is 1.69 bits per heavy atom. The van der Waals surface area contributed by atoms with Crippen molar-refractivity contribution in [2.75, 3.05) is 6.73 Å². The van der Waals surface area contributed by atoms with Crippen molar-refractivity contribution >= 4 is 5.91 Å². The Balaban J connectivity index is 1.64. The van der Waals surface area contributed by atoms with Gasteiger partial charge in [0.2, 0.25) is 5.91 Å². The Labute approximate surface area is 208 Å². The molecule has 0 bridgehead atoms. The molecule has 1 aliphatic heterocycles. The van der Waals surface area contributed by atoms with Gasteiger partial charge in [-0.25, -0.2) is 0 Å². The zero-order valence-corrected chi connectivity index (χ0v) is 20.1. The fourth-order valence-corrected chi connectivity index (χ4v) is 4.39. The second kappa shape index (κ2) is 10.5. The second-order valence-electron chi connectivity index (χ2n) is 9.40. The lowest BCUT2D eigenvalue weighted by atomic mass is 9.87. The van der Waals surface area contributed by atoms with Gasteiger partial charge in [-0.05, 0) is 58.9 Å². The number of ether oxygens (including phenoxy) is 1. The van der Waals surface area contributed by atoms with Crippen LogP contribution in [0.2, 0.25) is 0 Å². The van der Waals surface area contributed by atoms with Crippen LogP contribution in [0, 0.1) is 5.92 Å². The van der Waals surface area contributed by atoms with Gasteiger partial charge in [0.15, 0.2) is 6.73 Å². The van der Waals surface area contributed by atoms with E-state index in [9.17, 15) is 23.1 Å². The van der Waals surface area contributed by atoms with Crippen molar-refractivity contribution in [3.8, 4) is 16.9 Å². The number of hydrogen-bond donors (Lipinski definition) is 1. The number of rotatable bonds is 7. The lowest BCUT2D eigenvalue weighted by Crippen LogP contribution is -2.34. The molecule has 1 N–H and O–H groups in total. The minimum atomic E-state index is -4.43. The van der Waals surface area contributed by atoms with E-state index in [2.05, 4.69) is 0 Å². The van der Waals surface area contributed by atoms with Crippen LogP contribution in [0.15, 0.2) is 84.8 Å². The smallest absolute Gasteiger partial charge is 0.416 e.